The van der Waals surface area contributed by atoms with Crippen LogP contribution in [0.15, 0.2) is 60.9 Å². The molecule has 0 aliphatic heterocycles. The van der Waals surface area contributed by atoms with Crippen molar-refractivity contribution in [1.82, 2.24) is 14.9 Å². The van der Waals surface area contributed by atoms with Crippen LogP contribution in [0.2, 0.25) is 0 Å². The van der Waals surface area contributed by atoms with Gasteiger partial charge in [-0.05, 0) is 62.4 Å². The molecule has 3 aromatic rings. The van der Waals surface area contributed by atoms with Crippen molar-refractivity contribution in [1.29, 1.82) is 0 Å². The zero-order chi connectivity index (χ0) is 21.5. The molecule has 3 rings (SSSR count). The van der Waals surface area contributed by atoms with Gasteiger partial charge in [0.15, 0.2) is 0 Å². The molecule has 1 heterocycles. The zero-order valence-electron chi connectivity index (χ0n) is 17.2. The normalized spacial score (nSPS) is 10.5. The lowest BCUT2D eigenvalue weighted by molar-refractivity contribution is 0.102. The standard InChI is InChI=1S/C22H25N5O3/c1-15(2)24-22(29)26-18-6-4-16(5-7-18)21(28)25-17-8-10-19(11-9-17)30-14-20-23-12-13-27(20)3/h4-13,15H,14H2,1-3H3,(H,25,28)(H2,24,26,29). The van der Waals surface area contributed by atoms with Crippen molar-refractivity contribution in [2.24, 2.45) is 7.05 Å². The molecular weight excluding hydrogens is 382 g/mol. The van der Waals surface area contributed by atoms with Crippen LogP contribution in [0.1, 0.15) is 30.0 Å². The van der Waals surface area contributed by atoms with E-state index in [4.69, 9.17) is 4.74 Å². The third kappa shape index (κ3) is 5.84. The highest BCUT2D eigenvalue weighted by atomic mass is 16.5. The van der Waals surface area contributed by atoms with E-state index in [0.717, 1.165) is 5.82 Å². The third-order valence-electron chi connectivity index (χ3n) is 4.23. The maximum absolute atomic E-state index is 12.4. The minimum Gasteiger partial charge on any atom is -0.486 e. The molecule has 3 N–H and O–H groups in total. The van der Waals surface area contributed by atoms with Gasteiger partial charge in [-0.1, -0.05) is 0 Å². The fourth-order valence-corrected chi connectivity index (χ4v) is 2.66. The number of rotatable bonds is 7. The number of hydrogen-bond acceptors (Lipinski definition) is 4. The summed E-state index contributed by atoms with van der Waals surface area (Å²) in [5, 5.41) is 8.30. The van der Waals surface area contributed by atoms with E-state index < -0.39 is 0 Å². The van der Waals surface area contributed by atoms with E-state index in [1.807, 2.05) is 31.7 Å². The van der Waals surface area contributed by atoms with E-state index in [1.54, 1.807) is 54.7 Å². The molecule has 0 unspecified atom stereocenters. The Balaban J connectivity index is 1.52. The molecule has 0 saturated heterocycles. The molecule has 0 atom stereocenters. The van der Waals surface area contributed by atoms with Gasteiger partial charge in [0.2, 0.25) is 0 Å². The lowest BCUT2D eigenvalue weighted by atomic mass is 10.2. The van der Waals surface area contributed by atoms with E-state index in [1.165, 1.54) is 0 Å². The van der Waals surface area contributed by atoms with Gasteiger partial charge in [-0.3, -0.25) is 4.79 Å². The topological polar surface area (TPSA) is 97.3 Å². The van der Waals surface area contributed by atoms with Crippen LogP contribution in [-0.4, -0.2) is 27.5 Å². The van der Waals surface area contributed by atoms with E-state index in [0.29, 0.717) is 29.3 Å². The molecule has 0 spiro atoms. The SMILES string of the molecule is CC(C)NC(=O)Nc1ccc(C(=O)Nc2ccc(OCc3nccn3C)cc2)cc1. The van der Waals surface area contributed by atoms with E-state index in [-0.39, 0.29) is 18.0 Å². The summed E-state index contributed by atoms with van der Waals surface area (Å²) in [5.41, 5.74) is 1.75. The van der Waals surface area contributed by atoms with Crippen molar-refractivity contribution >= 4 is 23.3 Å². The van der Waals surface area contributed by atoms with Crippen LogP contribution in [0.4, 0.5) is 16.2 Å². The summed E-state index contributed by atoms with van der Waals surface area (Å²) in [6.07, 6.45) is 3.58. The molecule has 2 aromatic carbocycles. The Bertz CT molecular complexity index is 994. The average molecular weight is 407 g/mol. The molecule has 156 valence electrons. The summed E-state index contributed by atoms with van der Waals surface area (Å²) in [7, 11) is 1.91. The second kappa shape index (κ2) is 9.60. The molecular formula is C22H25N5O3. The Morgan fingerprint density at radius 1 is 1.00 bits per heavy atom. The van der Waals surface area contributed by atoms with Gasteiger partial charge < -0.3 is 25.3 Å². The molecule has 8 nitrogen and oxygen atoms in total. The predicted octanol–water partition coefficient (Wildman–Crippen LogP) is 3.78. The minimum absolute atomic E-state index is 0.0432. The largest absolute Gasteiger partial charge is 0.486 e. The zero-order valence-corrected chi connectivity index (χ0v) is 17.2. The second-order valence-electron chi connectivity index (χ2n) is 7.05. The Hall–Kier alpha value is -3.81. The number of carbonyl (C=O) groups excluding carboxylic acids is 2. The first kappa shape index (κ1) is 20.9. The number of nitrogens with one attached hydrogen (secondary N) is 3. The molecule has 0 radical (unpaired) electrons. The quantitative estimate of drug-likeness (QED) is 0.555. The van der Waals surface area contributed by atoms with E-state index in [9.17, 15) is 9.59 Å². The Labute approximate surface area is 175 Å². The number of ether oxygens (including phenoxy) is 1. The molecule has 30 heavy (non-hydrogen) atoms. The highest BCUT2D eigenvalue weighted by molar-refractivity contribution is 6.04. The van der Waals surface area contributed by atoms with Crippen molar-refractivity contribution < 1.29 is 14.3 Å². The van der Waals surface area contributed by atoms with Gasteiger partial charge >= 0.3 is 6.03 Å². The number of hydrogen-bond donors (Lipinski definition) is 3. The van der Waals surface area contributed by atoms with Gasteiger partial charge in [0.05, 0.1) is 0 Å². The fraction of sp³-hybridized carbons (Fsp3) is 0.227. The molecule has 0 aliphatic rings. The molecule has 0 bridgehead atoms. The lowest BCUT2D eigenvalue weighted by Gasteiger charge is -2.11. The minimum atomic E-state index is -0.285. The number of aromatic nitrogens is 2. The van der Waals surface area contributed by atoms with Crippen LogP contribution in [0.3, 0.4) is 0 Å². The maximum Gasteiger partial charge on any atom is 0.319 e. The van der Waals surface area contributed by atoms with Crippen LogP contribution < -0.4 is 20.7 Å². The van der Waals surface area contributed by atoms with Gasteiger partial charge in [-0.25, -0.2) is 9.78 Å². The van der Waals surface area contributed by atoms with Crippen molar-refractivity contribution in [3.63, 3.8) is 0 Å². The van der Waals surface area contributed by atoms with Crippen molar-refractivity contribution in [2.75, 3.05) is 10.6 Å². The summed E-state index contributed by atoms with van der Waals surface area (Å²) in [6, 6.07) is 13.6. The highest BCUT2D eigenvalue weighted by Crippen LogP contribution is 2.18. The number of urea groups is 1. The average Bonchev–Trinajstić information content (AvgIpc) is 3.12. The summed E-state index contributed by atoms with van der Waals surface area (Å²) in [6.45, 7) is 4.13. The summed E-state index contributed by atoms with van der Waals surface area (Å²) >= 11 is 0. The van der Waals surface area contributed by atoms with Gasteiger partial charge in [0.1, 0.15) is 18.2 Å². The predicted molar refractivity (Wildman–Crippen MR) is 116 cm³/mol. The number of carbonyl (C=O) groups is 2. The summed E-state index contributed by atoms with van der Waals surface area (Å²) in [5.74, 6) is 1.27. The van der Waals surface area contributed by atoms with Gasteiger partial charge in [-0.2, -0.15) is 0 Å². The van der Waals surface area contributed by atoms with Gasteiger partial charge in [0, 0.05) is 42.4 Å². The number of anilines is 2. The third-order valence-corrected chi connectivity index (χ3v) is 4.23. The molecule has 0 aliphatic carbocycles. The molecule has 0 saturated carbocycles. The second-order valence-corrected chi connectivity index (χ2v) is 7.05. The Morgan fingerprint density at radius 3 is 2.23 bits per heavy atom. The van der Waals surface area contributed by atoms with Crippen LogP contribution in [0.25, 0.3) is 0 Å². The van der Waals surface area contributed by atoms with E-state index >= 15 is 0 Å². The fourth-order valence-electron chi connectivity index (χ4n) is 2.66. The van der Waals surface area contributed by atoms with Crippen molar-refractivity contribution in [3.8, 4) is 5.75 Å². The number of benzene rings is 2. The van der Waals surface area contributed by atoms with Crippen molar-refractivity contribution in [2.45, 2.75) is 26.5 Å². The van der Waals surface area contributed by atoms with Crippen LogP contribution >= 0.6 is 0 Å². The van der Waals surface area contributed by atoms with Gasteiger partial charge in [-0.15, -0.1) is 0 Å². The van der Waals surface area contributed by atoms with Crippen LogP contribution in [0.5, 0.6) is 5.75 Å². The van der Waals surface area contributed by atoms with Crippen LogP contribution in [-0.2, 0) is 13.7 Å². The van der Waals surface area contributed by atoms with E-state index in [2.05, 4.69) is 20.9 Å². The highest BCUT2D eigenvalue weighted by Gasteiger charge is 2.08. The number of amides is 3. The Morgan fingerprint density at radius 2 is 1.63 bits per heavy atom. The molecule has 3 amide bonds. The molecule has 8 heteroatoms. The Kier molecular flexibility index (Phi) is 6.69. The number of aryl methyl sites for hydroxylation is 1. The van der Waals surface area contributed by atoms with Gasteiger partial charge in [0.25, 0.3) is 5.91 Å². The monoisotopic (exact) mass is 407 g/mol. The first-order chi connectivity index (χ1) is 14.4. The first-order valence-corrected chi connectivity index (χ1v) is 9.58. The molecule has 0 fully saturated rings. The first-order valence-electron chi connectivity index (χ1n) is 9.58. The summed E-state index contributed by atoms with van der Waals surface area (Å²) < 4.78 is 7.60. The molecule has 1 aromatic heterocycles. The number of imidazole rings is 1. The van der Waals surface area contributed by atoms with Crippen LogP contribution in [0, 0.1) is 0 Å². The number of nitrogens with zero attached hydrogens (tertiary/aromatic N) is 2. The maximum atomic E-state index is 12.4. The smallest absolute Gasteiger partial charge is 0.319 e. The summed E-state index contributed by atoms with van der Waals surface area (Å²) in [4.78, 5) is 28.4. The lowest BCUT2D eigenvalue weighted by Crippen LogP contribution is -2.34. The van der Waals surface area contributed by atoms with Crippen molar-refractivity contribution in [3.05, 3.63) is 72.3 Å².